The molecule has 1 aliphatic heterocycles. The molecule has 10 nitrogen and oxygen atoms in total. The van der Waals surface area contributed by atoms with Crippen molar-refractivity contribution in [3.05, 3.63) is 53.5 Å². The number of fused-ring (bicyclic) bond motifs is 1. The van der Waals surface area contributed by atoms with Crippen molar-refractivity contribution in [2.45, 2.75) is 45.2 Å². The smallest absolute Gasteiger partial charge is 0.258 e. The molecule has 1 aromatic heterocycles. The number of benzene rings is 2. The van der Waals surface area contributed by atoms with Gasteiger partial charge in [-0.05, 0) is 61.6 Å². The van der Waals surface area contributed by atoms with E-state index in [1.807, 2.05) is 38.1 Å². The summed E-state index contributed by atoms with van der Waals surface area (Å²) in [5.74, 6) is -1.41. The first-order valence-corrected chi connectivity index (χ1v) is 13.7. The maximum absolute atomic E-state index is 13.6. The summed E-state index contributed by atoms with van der Waals surface area (Å²) in [5.41, 5.74) is 0.688. The number of Topliss-reactive ketones (excluding diaryl/α,β-unsaturated/α-hetero) is 1. The molecule has 1 saturated heterocycles. The van der Waals surface area contributed by atoms with Crippen LogP contribution in [0.15, 0.2) is 48.5 Å². The van der Waals surface area contributed by atoms with Gasteiger partial charge >= 0.3 is 0 Å². The molecule has 4 N–H and O–H groups in total. The van der Waals surface area contributed by atoms with E-state index in [-0.39, 0.29) is 41.4 Å². The highest BCUT2D eigenvalue weighted by molar-refractivity contribution is 7.20. The molecule has 11 heteroatoms. The van der Waals surface area contributed by atoms with Crippen LogP contribution in [0.25, 0.3) is 10.2 Å². The number of hydrogen-bond acceptors (Lipinski definition) is 8. The Labute approximate surface area is 230 Å². The summed E-state index contributed by atoms with van der Waals surface area (Å²) in [4.78, 5) is 56.4. The number of rotatable bonds is 12. The van der Waals surface area contributed by atoms with Crippen molar-refractivity contribution >= 4 is 45.1 Å². The number of carbonyl (C=O) groups excluding carboxylic acids is 4. The van der Waals surface area contributed by atoms with Gasteiger partial charge in [0.2, 0.25) is 17.6 Å². The summed E-state index contributed by atoms with van der Waals surface area (Å²) in [6.45, 7) is 4.04. The summed E-state index contributed by atoms with van der Waals surface area (Å²) in [7, 11) is 0. The molecule has 39 heavy (non-hydrogen) atoms. The van der Waals surface area contributed by atoms with Gasteiger partial charge in [0.25, 0.3) is 5.91 Å². The number of thiazole rings is 1. The van der Waals surface area contributed by atoms with Crippen LogP contribution in [0.1, 0.15) is 42.9 Å². The van der Waals surface area contributed by atoms with Crippen molar-refractivity contribution in [1.29, 1.82) is 0 Å². The quantitative estimate of drug-likeness (QED) is 0.253. The maximum Gasteiger partial charge on any atom is 0.258 e. The van der Waals surface area contributed by atoms with Gasteiger partial charge in [0.15, 0.2) is 11.6 Å². The maximum atomic E-state index is 13.6. The highest BCUT2D eigenvalue weighted by Gasteiger charge is 2.34. The lowest BCUT2D eigenvalue weighted by Gasteiger charge is -2.24. The first-order valence-electron chi connectivity index (χ1n) is 12.9. The lowest BCUT2D eigenvalue weighted by molar-refractivity contribution is -0.130. The molecule has 1 fully saturated rings. The summed E-state index contributed by atoms with van der Waals surface area (Å²) < 4.78 is 6.30. The molecular weight excluding hydrogens is 520 g/mol. The molecule has 2 heterocycles. The van der Waals surface area contributed by atoms with Crippen LogP contribution in [-0.2, 0) is 14.4 Å². The van der Waals surface area contributed by atoms with Crippen LogP contribution in [-0.4, -0.2) is 58.8 Å². The van der Waals surface area contributed by atoms with E-state index in [2.05, 4.69) is 20.9 Å². The number of carbonyl (C=O) groups is 4. The van der Waals surface area contributed by atoms with Gasteiger partial charge in [-0.3, -0.25) is 19.2 Å². The van der Waals surface area contributed by atoms with Crippen molar-refractivity contribution < 1.29 is 29.0 Å². The second-order valence-electron chi connectivity index (χ2n) is 9.96. The SMILES string of the molecule is CC(C)C[C@H](NC(=O)COc1ccc(O)cc1)C(=O)N[C@@H](C[C@@H]1CCNC1=O)C(=O)c1nc2ccccc2s1. The van der Waals surface area contributed by atoms with Gasteiger partial charge in [0, 0.05) is 12.5 Å². The number of nitrogens with one attached hydrogen (secondary N) is 3. The predicted octanol–water partition coefficient (Wildman–Crippen LogP) is 2.81. The molecule has 3 atom stereocenters. The van der Waals surface area contributed by atoms with Gasteiger partial charge in [-0.25, -0.2) is 4.98 Å². The van der Waals surface area contributed by atoms with E-state index in [0.29, 0.717) is 30.7 Å². The lowest BCUT2D eigenvalue weighted by Crippen LogP contribution is -2.53. The minimum atomic E-state index is -0.980. The van der Waals surface area contributed by atoms with Crippen LogP contribution in [0.4, 0.5) is 0 Å². The molecule has 3 amide bonds. The fourth-order valence-electron chi connectivity index (χ4n) is 4.42. The molecule has 0 radical (unpaired) electrons. The van der Waals surface area contributed by atoms with E-state index >= 15 is 0 Å². The molecule has 0 aliphatic carbocycles. The monoisotopic (exact) mass is 552 g/mol. The number of hydrogen-bond donors (Lipinski definition) is 4. The van der Waals surface area contributed by atoms with Crippen LogP contribution in [0.3, 0.4) is 0 Å². The van der Waals surface area contributed by atoms with Crippen molar-refractivity contribution in [3.8, 4) is 11.5 Å². The Balaban J connectivity index is 1.47. The predicted molar refractivity (Wildman–Crippen MR) is 147 cm³/mol. The highest BCUT2D eigenvalue weighted by Crippen LogP contribution is 2.25. The number of phenols is 1. The van der Waals surface area contributed by atoms with Crippen LogP contribution in [0.5, 0.6) is 11.5 Å². The number of aromatic nitrogens is 1. The molecular formula is C28H32N4O6S. The Hall–Kier alpha value is -3.99. The molecule has 4 rings (SSSR count). The number of para-hydroxylation sites is 1. The van der Waals surface area contributed by atoms with E-state index < -0.39 is 29.8 Å². The number of ketones is 1. The van der Waals surface area contributed by atoms with Crippen molar-refractivity contribution in [2.75, 3.05) is 13.2 Å². The van der Waals surface area contributed by atoms with Gasteiger partial charge in [0.1, 0.15) is 17.5 Å². The number of nitrogens with zero attached hydrogens (tertiary/aromatic N) is 1. The van der Waals surface area contributed by atoms with E-state index in [1.54, 1.807) is 0 Å². The lowest BCUT2D eigenvalue weighted by atomic mass is 9.95. The minimum absolute atomic E-state index is 0.0677. The van der Waals surface area contributed by atoms with E-state index in [0.717, 1.165) is 4.70 Å². The Kier molecular flexibility index (Phi) is 9.13. The molecule has 0 spiro atoms. The second-order valence-corrected chi connectivity index (χ2v) is 11.0. The van der Waals surface area contributed by atoms with E-state index in [1.165, 1.54) is 35.6 Å². The molecule has 0 bridgehead atoms. The van der Waals surface area contributed by atoms with Crippen LogP contribution >= 0.6 is 11.3 Å². The van der Waals surface area contributed by atoms with Crippen LogP contribution in [0, 0.1) is 11.8 Å². The second kappa shape index (κ2) is 12.7. The Morgan fingerprint density at radius 3 is 2.51 bits per heavy atom. The molecule has 2 aromatic carbocycles. The number of phenolic OH excluding ortho intramolecular Hbond substituents is 1. The number of aromatic hydroxyl groups is 1. The minimum Gasteiger partial charge on any atom is -0.508 e. The largest absolute Gasteiger partial charge is 0.508 e. The van der Waals surface area contributed by atoms with E-state index in [9.17, 15) is 24.3 Å². The van der Waals surface area contributed by atoms with Gasteiger partial charge in [-0.1, -0.05) is 26.0 Å². The fourth-order valence-corrected chi connectivity index (χ4v) is 5.38. The average molecular weight is 553 g/mol. The summed E-state index contributed by atoms with van der Waals surface area (Å²) in [6.07, 6.45) is 1.04. The molecule has 206 valence electrons. The normalized spacial score (nSPS) is 16.5. The zero-order valence-corrected chi connectivity index (χ0v) is 22.6. The Bertz CT molecular complexity index is 1310. The van der Waals surface area contributed by atoms with Crippen molar-refractivity contribution in [3.63, 3.8) is 0 Å². The van der Waals surface area contributed by atoms with Gasteiger partial charge in [0.05, 0.1) is 16.3 Å². The summed E-state index contributed by atoms with van der Waals surface area (Å²) >= 11 is 1.24. The number of amides is 3. The third kappa shape index (κ3) is 7.53. The van der Waals surface area contributed by atoms with Gasteiger partial charge in [-0.2, -0.15) is 0 Å². The Morgan fingerprint density at radius 1 is 1.10 bits per heavy atom. The van der Waals surface area contributed by atoms with E-state index in [4.69, 9.17) is 4.74 Å². The van der Waals surface area contributed by atoms with Gasteiger partial charge in [-0.15, -0.1) is 11.3 Å². The third-order valence-electron chi connectivity index (χ3n) is 6.39. The molecule has 3 aromatic rings. The van der Waals surface area contributed by atoms with Crippen molar-refractivity contribution in [1.82, 2.24) is 20.9 Å². The number of ether oxygens (including phenoxy) is 1. The van der Waals surface area contributed by atoms with Crippen LogP contribution in [0.2, 0.25) is 0 Å². The molecule has 0 saturated carbocycles. The van der Waals surface area contributed by atoms with Crippen molar-refractivity contribution in [2.24, 2.45) is 11.8 Å². The fraction of sp³-hybridized carbons (Fsp3) is 0.393. The van der Waals surface area contributed by atoms with Crippen LogP contribution < -0.4 is 20.7 Å². The Morgan fingerprint density at radius 2 is 1.85 bits per heavy atom. The van der Waals surface area contributed by atoms with Gasteiger partial charge < -0.3 is 25.8 Å². The standard InChI is InChI=1S/C28H32N4O6S/c1-16(2)13-22(30-24(34)15-38-19-9-7-18(33)8-10-19)27(37)31-21(14-17-11-12-29-26(17)36)25(35)28-32-20-5-3-4-6-23(20)39-28/h3-10,16-17,21-22,33H,11-15H2,1-2H3,(H,29,36)(H,30,34)(H,31,37)/t17-,21-,22-/m0/s1. The topological polar surface area (TPSA) is 147 Å². The third-order valence-corrected chi connectivity index (χ3v) is 7.44. The zero-order chi connectivity index (χ0) is 27.9. The molecule has 1 aliphatic rings. The average Bonchev–Trinajstić information content (AvgIpc) is 3.52. The zero-order valence-electron chi connectivity index (χ0n) is 21.8. The highest BCUT2D eigenvalue weighted by atomic mass is 32.1. The summed E-state index contributed by atoms with van der Waals surface area (Å²) in [6, 6.07) is 11.4. The molecule has 0 unspecified atom stereocenters. The first-order chi connectivity index (χ1) is 18.7. The summed E-state index contributed by atoms with van der Waals surface area (Å²) in [5, 5.41) is 17.9. The first kappa shape index (κ1) is 28.0.